The predicted molar refractivity (Wildman–Crippen MR) is 101 cm³/mol. The lowest BCUT2D eigenvalue weighted by Crippen LogP contribution is -2.35. The van der Waals surface area contributed by atoms with E-state index in [0.29, 0.717) is 11.7 Å². The maximum absolute atomic E-state index is 12.3. The number of rotatable bonds is 3. The molecular weight excluding hydrogens is 338 g/mol. The minimum atomic E-state index is 0.0158. The van der Waals surface area contributed by atoms with Gasteiger partial charge in [-0.1, -0.05) is 30.0 Å². The lowest BCUT2D eigenvalue weighted by atomic mass is 10.1. The monoisotopic (exact) mass is 357 g/mol. The molecule has 0 saturated heterocycles. The quantitative estimate of drug-likeness (QED) is 0.575. The molecule has 6 heteroatoms. The van der Waals surface area contributed by atoms with Crippen LogP contribution in [0.4, 0.5) is 0 Å². The molecule has 0 bridgehead atoms. The summed E-state index contributed by atoms with van der Waals surface area (Å²) < 4.78 is 1.34. The van der Waals surface area contributed by atoms with Crippen molar-refractivity contribution in [3.05, 3.63) is 56.3 Å². The molecule has 24 heavy (non-hydrogen) atoms. The summed E-state index contributed by atoms with van der Waals surface area (Å²) in [7, 11) is 0. The maximum Gasteiger partial charge on any atom is 0.256 e. The van der Waals surface area contributed by atoms with E-state index in [2.05, 4.69) is 46.1 Å². The van der Waals surface area contributed by atoms with Crippen LogP contribution in [0.5, 0.6) is 0 Å². The second-order valence-corrected chi connectivity index (χ2v) is 8.04. The number of fused-ring (bicyclic) bond motifs is 2. The third-order valence-corrected chi connectivity index (χ3v) is 6.47. The van der Waals surface area contributed by atoms with E-state index in [0.717, 1.165) is 30.8 Å². The fourth-order valence-electron chi connectivity index (χ4n) is 3.27. The first-order chi connectivity index (χ1) is 11.7. The summed E-state index contributed by atoms with van der Waals surface area (Å²) in [5.74, 6) is 0. The Morgan fingerprint density at radius 2 is 2.21 bits per heavy atom. The van der Waals surface area contributed by atoms with E-state index in [1.807, 2.05) is 17.6 Å². The van der Waals surface area contributed by atoms with Crippen molar-refractivity contribution in [3.63, 3.8) is 0 Å². The van der Waals surface area contributed by atoms with E-state index < -0.39 is 0 Å². The third kappa shape index (κ3) is 2.79. The second kappa shape index (κ2) is 6.35. The molecule has 1 aromatic carbocycles. The molecule has 0 unspecified atom stereocenters. The molecule has 0 radical (unpaired) electrons. The van der Waals surface area contributed by atoms with Crippen LogP contribution in [0.3, 0.4) is 0 Å². The van der Waals surface area contributed by atoms with Crippen LogP contribution in [0, 0.1) is 6.92 Å². The van der Waals surface area contributed by atoms with Gasteiger partial charge in [0, 0.05) is 35.6 Å². The highest BCUT2D eigenvalue weighted by Crippen LogP contribution is 2.32. The van der Waals surface area contributed by atoms with E-state index in [9.17, 15) is 4.79 Å². The summed E-state index contributed by atoms with van der Waals surface area (Å²) in [4.78, 5) is 23.5. The van der Waals surface area contributed by atoms with E-state index in [1.165, 1.54) is 32.3 Å². The molecule has 124 valence electrons. The zero-order valence-corrected chi connectivity index (χ0v) is 15.4. The van der Waals surface area contributed by atoms with Gasteiger partial charge in [0.2, 0.25) is 0 Å². The fourth-order valence-corrected chi connectivity index (χ4v) is 4.92. The van der Waals surface area contributed by atoms with Gasteiger partial charge >= 0.3 is 0 Å². The van der Waals surface area contributed by atoms with Crippen LogP contribution in [0.2, 0.25) is 0 Å². The van der Waals surface area contributed by atoms with Gasteiger partial charge in [0.05, 0.1) is 11.3 Å². The molecule has 0 spiro atoms. The zero-order chi connectivity index (χ0) is 16.7. The third-order valence-electron chi connectivity index (χ3n) is 4.63. The number of thioether (sulfide) groups is 1. The number of benzene rings is 1. The lowest BCUT2D eigenvalue weighted by molar-refractivity contribution is 0.242. The number of nitrogens with one attached hydrogen (secondary N) is 1. The molecule has 3 heterocycles. The number of H-pyrrole nitrogens is 1. The summed E-state index contributed by atoms with van der Waals surface area (Å²) >= 11 is 3.35. The molecule has 0 saturated carbocycles. The molecule has 4 nitrogen and oxygen atoms in total. The molecule has 3 aromatic rings. The Balaban J connectivity index is 1.61. The molecule has 0 atom stereocenters. The number of hydrogen-bond acceptors (Lipinski definition) is 5. The van der Waals surface area contributed by atoms with Gasteiger partial charge in [-0.25, -0.2) is 4.98 Å². The minimum Gasteiger partial charge on any atom is -0.301 e. The van der Waals surface area contributed by atoms with Crippen molar-refractivity contribution in [2.24, 2.45) is 0 Å². The van der Waals surface area contributed by atoms with Crippen LogP contribution >= 0.6 is 23.1 Å². The smallest absolute Gasteiger partial charge is 0.256 e. The Morgan fingerprint density at radius 1 is 1.38 bits per heavy atom. The fraction of sp³-hybridized carbons (Fsp3) is 0.333. The summed E-state index contributed by atoms with van der Waals surface area (Å²) in [6.45, 7) is 4.73. The standard InChI is InChI=1S/C18H19N3OS2/c1-11-12-5-3-4-6-15(12)24-16(11)10-21-8-7-14-13(9-21)17(22)20-18(19-14)23-2/h3-6H,7-10H2,1-2H3,(H,19,20,22). The first-order valence-electron chi connectivity index (χ1n) is 8.01. The topological polar surface area (TPSA) is 49.0 Å². The summed E-state index contributed by atoms with van der Waals surface area (Å²) in [5.41, 5.74) is 3.18. The van der Waals surface area contributed by atoms with Crippen molar-refractivity contribution in [3.8, 4) is 0 Å². The molecule has 1 aliphatic heterocycles. The van der Waals surface area contributed by atoms with E-state index in [-0.39, 0.29) is 5.56 Å². The molecule has 0 aliphatic carbocycles. The van der Waals surface area contributed by atoms with Crippen LogP contribution in [0.25, 0.3) is 10.1 Å². The minimum absolute atomic E-state index is 0.0158. The van der Waals surface area contributed by atoms with Gasteiger partial charge in [0.15, 0.2) is 5.16 Å². The lowest BCUT2D eigenvalue weighted by Gasteiger charge is -2.27. The highest BCUT2D eigenvalue weighted by atomic mass is 32.2. The van der Waals surface area contributed by atoms with Crippen molar-refractivity contribution in [1.82, 2.24) is 14.9 Å². The highest BCUT2D eigenvalue weighted by molar-refractivity contribution is 7.98. The number of aromatic nitrogens is 2. The van der Waals surface area contributed by atoms with Crippen LogP contribution < -0.4 is 5.56 Å². The van der Waals surface area contributed by atoms with Gasteiger partial charge in [-0.05, 0) is 30.2 Å². The van der Waals surface area contributed by atoms with Crippen molar-refractivity contribution in [2.45, 2.75) is 31.6 Å². The average Bonchev–Trinajstić information content (AvgIpc) is 2.91. The first kappa shape index (κ1) is 15.9. The molecule has 1 N–H and O–H groups in total. The van der Waals surface area contributed by atoms with Gasteiger partial charge in [0.1, 0.15) is 0 Å². The number of aromatic amines is 1. The predicted octanol–water partition coefficient (Wildman–Crippen LogP) is 3.57. The molecule has 1 aliphatic rings. The number of aryl methyl sites for hydroxylation is 1. The van der Waals surface area contributed by atoms with Gasteiger partial charge in [0.25, 0.3) is 5.56 Å². The van der Waals surface area contributed by atoms with Gasteiger partial charge in [-0.2, -0.15) is 0 Å². The van der Waals surface area contributed by atoms with Crippen LogP contribution in [0.1, 0.15) is 21.7 Å². The Hall–Kier alpha value is -1.63. The van der Waals surface area contributed by atoms with Crippen molar-refractivity contribution in [2.75, 3.05) is 12.8 Å². The van der Waals surface area contributed by atoms with E-state index in [1.54, 1.807) is 0 Å². The summed E-state index contributed by atoms with van der Waals surface area (Å²) in [5, 5.41) is 2.06. The number of nitrogens with zero attached hydrogens (tertiary/aromatic N) is 2. The summed E-state index contributed by atoms with van der Waals surface area (Å²) in [6.07, 6.45) is 2.78. The molecule has 2 aromatic heterocycles. The van der Waals surface area contributed by atoms with Gasteiger partial charge in [-0.15, -0.1) is 11.3 Å². The van der Waals surface area contributed by atoms with Crippen LogP contribution in [0.15, 0.2) is 34.2 Å². The molecule has 4 rings (SSSR count). The van der Waals surface area contributed by atoms with Crippen LogP contribution in [-0.4, -0.2) is 27.7 Å². The maximum atomic E-state index is 12.3. The Morgan fingerprint density at radius 3 is 3.00 bits per heavy atom. The van der Waals surface area contributed by atoms with Crippen molar-refractivity contribution >= 4 is 33.2 Å². The van der Waals surface area contributed by atoms with Crippen molar-refractivity contribution in [1.29, 1.82) is 0 Å². The summed E-state index contributed by atoms with van der Waals surface area (Å²) in [6, 6.07) is 8.56. The van der Waals surface area contributed by atoms with Gasteiger partial charge in [-0.3, -0.25) is 9.69 Å². The van der Waals surface area contributed by atoms with Crippen LogP contribution in [-0.2, 0) is 19.5 Å². The SMILES string of the molecule is CSc1nc2c(c(=O)[nH]1)CN(Cc1sc3ccccc3c1C)CC2. The number of hydrogen-bond donors (Lipinski definition) is 1. The van der Waals surface area contributed by atoms with Gasteiger partial charge < -0.3 is 4.98 Å². The molecular formula is C18H19N3OS2. The average molecular weight is 358 g/mol. The number of thiophene rings is 1. The molecule has 0 fully saturated rings. The largest absolute Gasteiger partial charge is 0.301 e. The Kier molecular flexibility index (Phi) is 4.20. The van der Waals surface area contributed by atoms with Crippen molar-refractivity contribution < 1.29 is 0 Å². The Labute approximate surface area is 148 Å². The first-order valence-corrected chi connectivity index (χ1v) is 10.0. The second-order valence-electron chi connectivity index (χ2n) is 6.11. The van der Waals surface area contributed by atoms with E-state index in [4.69, 9.17) is 0 Å². The molecule has 0 amide bonds. The van der Waals surface area contributed by atoms with E-state index >= 15 is 0 Å². The Bertz CT molecular complexity index is 961. The highest BCUT2D eigenvalue weighted by Gasteiger charge is 2.22. The zero-order valence-electron chi connectivity index (χ0n) is 13.8. The normalized spacial score (nSPS) is 14.9.